The molecule has 0 aliphatic heterocycles. The van der Waals surface area contributed by atoms with Crippen molar-refractivity contribution in [2.24, 2.45) is 11.8 Å². The number of benzene rings is 1. The Morgan fingerprint density at radius 1 is 1.30 bits per heavy atom. The number of carbonyl (C=O) groups excluding carboxylic acids is 1. The van der Waals surface area contributed by atoms with Gasteiger partial charge in [0.15, 0.2) is 0 Å². The highest BCUT2D eigenvalue weighted by Gasteiger charge is 2.48. The lowest BCUT2D eigenvalue weighted by molar-refractivity contribution is -0.140. The van der Waals surface area contributed by atoms with Crippen LogP contribution in [0.3, 0.4) is 0 Å². The van der Waals surface area contributed by atoms with Gasteiger partial charge in [0.1, 0.15) is 5.01 Å². The molecule has 1 fully saturated rings. The fourth-order valence-electron chi connectivity index (χ4n) is 2.66. The molecule has 0 spiro atoms. The third-order valence-electron chi connectivity index (χ3n) is 4.05. The van der Waals surface area contributed by atoms with Gasteiger partial charge < -0.3 is 10.4 Å². The molecule has 1 aliphatic carbocycles. The van der Waals surface area contributed by atoms with E-state index in [1.165, 1.54) is 0 Å². The quantitative estimate of drug-likeness (QED) is 0.883. The van der Waals surface area contributed by atoms with Crippen LogP contribution in [0.15, 0.2) is 30.3 Å². The summed E-state index contributed by atoms with van der Waals surface area (Å²) in [5, 5.41) is 12.8. The molecule has 0 radical (unpaired) electrons. The monoisotopic (exact) mass is 330 g/mol. The lowest BCUT2D eigenvalue weighted by Gasteiger charge is -2.12. The lowest BCUT2D eigenvalue weighted by Crippen LogP contribution is -2.29. The van der Waals surface area contributed by atoms with E-state index >= 15 is 0 Å². The highest BCUT2D eigenvalue weighted by atomic mass is 32.1. The first-order chi connectivity index (χ1) is 11.0. The predicted molar refractivity (Wildman–Crippen MR) is 88.1 cm³/mol. The molecule has 1 aliphatic rings. The number of amides is 1. The van der Waals surface area contributed by atoms with Gasteiger partial charge in [0.05, 0.1) is 28.4 Å². The molecule has 1 heterocycles. The molecule has 5 nitrogen and oxygen atoms in total. The van der Waals surface area contributed by atoms with E-state index in [2.05, 4.69) is 10.3 Å². The molecule has 1 amide bonds. The van der Waals surface area contributed by atoms with Crippen molar-refractivity contribution in [2.45, 2.75) is 26.3 Å². The maximum absolute atomic E-state index is 12.1. The summed E-state index contributed by atoms with van der Waals surface area (Å²) in [6.07, 6.45) is 0.435. The van der Waals surface area contributed by atoms with Crippen molar-refractivity contribution in [3.05, 3.63) is 40.9 Å². The first-order valence-corrected chi connectivity index (χ1v) is 8.35. The molecule has 1 saturated carbocycles. The van der Waals surface area contributed by atoms with E-state index in [9.17, 15) is 9.59 Å². The second-order valence-corrected chi connectivity index (χ2v) is 6.88. The van der Waals surface area contributed by atoms with Crippen LogP contribution < -0.4 is 5.32 Å². The zero-order valence-electron chi connectivity index (χ0n) is 12.9. The average molecular weight is 330 g/mol. The zero-order chi connectivity index (χ0) is 16.6. The van der Waals surface area contributed by atoms with Crippen molar-refractivity contribution in [1.82, 2.24) is 10.3 Å². The molecule has 3 atom stereocenters. The third kappa shape index (κ3) is 3.27. The van der Waals surface area contributed by atoms with E-state index in [1.807, 2.05) is 44.2 Å². The van der Waals surface area contributed by atoms with Crippen LogP contribution in [0.4, 0.5) is 0 Å². The third-order valence-corrected chi connectivity index (χ3v) is 5.44. The molecule has 1 aromatic heterocycles. The van der Waals surface area contributed by atoms with Gasteiger partial charge in [-0.1, -0.05) is 30.3 Å². The molecule has 2 N–H and O–H groups in total. The van der Waals surface area contributed by atoms with E-state index in [1.54, 1.807) is 11.3 Å². The Bertz CT molecular complexity index is 742. The van der Waals surface area contributed by atoms with Crippen LogP contribution in [0, 0.1) is 18.8 Å². The Balaban J connectivity index is 1.71. The van der Waals surface area contributed by atoms with Gasteiger partial charge in [-0.15, -0.1) is 11.3 Å². The number of aromatic nitrogens is 1. The van der Waals surface area contributed by atoms with Gasteiger partial charge in [0.25, 0.3) is 0 Å². The van der Waals surface area contributed by atoms with Crippen molar-refractivity contribution >= 4 is 23.2 Å². The van der Waals surface area contributed by atoms with Gasteiger partial charge in [-0.3, -0.25) is 9.59 Å². The number of aliphatic carboxylic acids is 1. The average Bonchev–Trinajstić information content (AvgIpc) is 3.25. The minimum atomic E-state index is -0.891. The topological polar surface area (TPSA) is 79.3 Å². The number of carboxylic acids is 1. The van der Waals surface area contributed by atoms with Gasteiger partial charge in [-0.25, -0.2) is 4.98 Å². The fourth-order valence-corrected chi connectivity index (χ4v) is 3.73. The van der Waals surface area contributed by atoms with Gasteiger partial charge in [0, 0.05) is 5.56 Å². The smallest absolute Gasteiger partial charge is 0.307 e. The Hall–Kier alpha value is -2.21. The SMILES string of the molecule is Cc1nc(-c2ccccc2)sc1[C@H](C)NC(=O)[C@@H]1C[C@H]1C(=O)O. The molecule has 0 bridgehead atoms. The number of rotatable bonds is 5. The van der Waals surface area contributed by atoms with Crippen LogP contribution in [0.1, 0.15) is 30.0 Å². The van der Waals surface area contributed by atoms with Crippen LogP contribution in [0.2, 0.25) is 0 Å². The van der Waals surface area contributed by atoms with Gasteiger partial charge in [-0.2, -0.15) is 0 Å². The second-order valence-electron chi connectivity index (χ2n) is 5.85. The van der Waals surface area contributed by atoms with Crippen molar-refractivity contribution in [3.8, 4) is 10.6 Å². The minimum Gasteiger partial charge on any atom is -0.481 e. The summed E-state index contributed by atoms with van der Waals surface area (Å²) in [5.41, 5.74) is 1.95. The first-order valence-electron chi connectivity index (χ1n) is 7.53. The summed E-state index contributed by atoms with van der Waals surface area (Å²) in [4.78, 5) is 28.6. The lowest BCUT2D eigenvalue weighted by atomic mass is 10.2. The van der Waals surface area contributed by atoms with Crippen molar-refractivity contribution in [3.63, 3.8) is 0 Å². The van der Waals surface area contributed by atoms with Crippen LogP contribution in [-0.2, 0) is 9.59 Å². The highest BCUT2D eigenvalue weighted by molar-refractivity contribution is 7.15. The Kier molecular flexibility index (Phi) is 4.17. The number of aryl methyl sites for hydroxylation is 1. The van der Waals surface area contributed by atoms with E-state index in [4.69, 9.17) is 5.11 Å². The van der Waals surface area contributed by atoms with Crippen LogP contribution >= 0.6 is 11.3 Å². The molecule has 0 unspecified atom stereocenters. The molecule has 2 aromatic rings. The summed E-state index contributed by atoms with van der Waals surface area (Å²) in [6, 6.07) is 9.74. The van der Waals surface area contributed by atoms with E-state index < -0.39 is 17.8 Å². The molecule has 23 heavy (non-hydrogen) atoms. The van der Waals surface area contributed by atoms with Crippen molar-refractivity contribution < 1.29 is 14.7 Å². The first kappa shape index (κ1) is 15.7. The Morgan fingerprint density at radius 3 is 2.61 bits per heavy atom. The number of thiazole rings is 1. The van der Waals surface area contributed by atoms with Crippen LogP contribution in [-0.4, -0.2) is 22.0 Å². The molecule has 0 saturated heterocycles. The second kappa shape index (κ2) is 6.12. The number of hydrogen-bond acceptors (Lipinski definition) is 4. The summed E-state index contributed by atoms with van der Waals surface area (Å²) in [5.74, 6) is -1.99. The van der Waals surface area contributed by atoms with E-state index in [0.29, 0.717) is 6.42 Å². The highest BCUT2D eigenvalue weighted by Crippen LogP contribution is 2.39. The molecule has 120 valence electrons. The van der Waals surface area contributed by atoms with E-state index in [0.717, 1.165) is 21.1 Å². The molecule has 1 aromatic carbocycles. The predicted octanol–water partition coefficient (Wildman–Crippen LogP) is 3.02. The molecule has 6 heteroatoms. The summed E-state index contributed by atoms with van der Waals surface area (Å²) in [7, 11) is 0. The molecular formula is C17H18N2O3S. The summed E-state index contributed by atoms with van der Waals surface area (Å²) < 4.78 is 0. The number of carbonyl (C=O) groups is 2. The summed E-state index contributed by atoms with van der Waals surface area (Å²) >= 11 is 1.56. The number of carboxylic acid groups (broad SMARTS) is 1. The van der Waals surface area contributed by atoms with Gasteiger partial charge in [0.2, 0.25) is 5.91 Å². The zero-order valence-corrected chi connectivity index (χ0v) is 13.8. The number of nitrogens with one attached hydrogen (secondary N) is 1. The minimum absolute atomic E-state index is 0.174. The standard InChI is InChI=1S/C17H18N2O3S/c1-9(18-15(20)12-8-13(12)17(21)22)14-10(2)19-16(23-14)11-6-4-3-5-7-11/h3-7,9,12-13H,8H2,1-2H3,(H,18,20)(H,21,22)/t9-,12+,13+/m0/s1. The Labute approximate surface area is 138 Å². The maximum atomic E-state index is 12.1. The molecule has 3 rings (SSSR count). The normalized spacial score (nSPS) is 20.8. The number of hydrogen-bond donors (Lipinski definition) is 2. The maximum Gasteiger partial charge on any atom is 0.307 e. The van der Waals surface area contributed by atoms with E-state index in [-0.39, 0.29) is 11.9 Å². The van der Waals surface area contributed by atoms with Crippen molar-refractivity contribution in [2.75, 3.05) is 0 Å². The molecular weight excluding hydrogens is 312 g/mol. The van der Waals surface area contributed by atoms with Gasteiger partial charge in [-0.05, 0) is 20.3 Å². The fraction of sp³-hybridized carbons (Fsp3) is 0.353. The van der Waals surface area contributed by atoms with Crippen molar-refractivity contribution in [1.29, 1.82) is 0 Å². The largest absolute Gasteiger partial charge is 0.481 e. The Morgan fingerprint density at radius 2 is 2.00 bits per heavy atom. The number of nitrogens with zero attached hydrogens (tertiary/aromatic N) is 1. The van der Waals surface area contributed by atoms with Gasteiger partial charge >= 0.3 is 5.97 Å². The summed E-state index contributed by atoms with van der Waals surface area (Å²) in [6.45, 7) is 3.84. The van der Waals surface area contributed by atoms with Crippen LogP contribution in [0.25, 0.3) is 10.6 Å². The van der Waals surface area contributed by atoms with Crippen LogP contribution in [0.5, 0.6) is 0 Å².